The van der Waals surface area contributed by atoms with Gasteiger partial charge in [0.1, 0.15) is 4.90 Å². The van der Waals surface area contributed by atoms with Crippen molar-refractivity contribution in [3.8, 4) is 0 Å². The average molecular weight is 311 g/mol. The van der Waals surface area contributed by atoms with Gasteiger partial charge in [-0.3, -0.25) is 10.1 Å². The molecule has 4 N–H and O–H groups in total. The summed E-state index contributed by atoms with van der Waals surface area (Å²) in [7, 11) is -1.88. The Labute approximate surface area is 122 Å². The molecule has 0 aliphatic carbocycles. The molecular formula is C11H17N7O2S. The molecule has 21 heavy (non-hydrogen) atoms. The van der Waals surface area contributed by atoms with Crippen molar-refractivity contribution in [3.05, 3.63) is 29.3 Å². The molecule has 114 valence electrons. The van der Waals surface area contributed by atoms with Gasteiger partial charge in [0, 0.05) is 24.8 Å². The highest BCUT2D eigenvalue weighted by Gasteiger charge is 2.17. The van der Waals surface area contributed by atoms with Crippen molar-refractivity contribution in [3.63, 3.8) is 0 Å². The van der Waals surface area contributed by atoms with Gasteiger partial charge in [-0.15, -0.1) is 0 Å². The van der Waals surface area contributed by atoms with Crippen LogP contribution in [0, 0.1) is 13.8 Å². The monoisotopic (exact) mass is 311 g/mol. The van der Waals surface area contributed by atoms with Crippen molar-refractivity contribution in [1.29, 1.82) is 0 Å². The number of hydrogen-bond donors (Lipinski definition) is 3. The second kappa shape index (κ2) is 5.76. The highest BCUT2D eigenvalue weighted by Crippen LogP contribution is 2.13. The second-order valence-electron chi connectivity index (χ2n) is 4.48. The number of nitrogens with one attached hydrogen (secondary N) is 2. The van der Waals surface area contributed by atoms with Gasteiger partial charge in [0.2, 0.25) is 16.0 Å². The predicted molar refractivity (Wildman–Crippen MR) is 76.5 cm³/mol. The van der Waals surface area contributed by atoms with Crippen LogP contribution in [0.25, 0.3) is 0 Å². The minimum absolute atomic E-state index is 0.0271. The summed E-state index contributed by atoms with van der Waals surface area (Å²) in [5.41, 5.74) is 4.78. The van der Waals surface area contributed by atoms with E-state index in [1.807, 2.05) is 20.9 Å². The van der Waals surface area contributed by atoms with Gasteiger partial charge in [-0.2, -0.15) is 5.10 Å². The van der Waals surface area contributed by atoms with Gasteiger partial charge in [-0.1, -0.05) is 0 Å². The zero-order chi connectivity index (χ0) is 15.6. The summed E-state index contributed by atoms with van der Waals surface area (Å²) < 4.78 is 28.6. The van der Waals surface area contributed by atoms with Crippen molar-refractivity contribution in [1.82, 2.24) is 24.5 Å². The zero-order valence-corrected chi connectivity index (χ0v) is 12.8. The SMILES string of the molecule is Cc1nn(C)c(C)c1CNS(=O)(=O)c1cnc(NN)nc1. The smallest absolute Gasteiger partial charge is 0.243 e. The van der Waals surface area contributed by atoms with E-state index in [-0.39, 0.29) is 17.4 Å². The number of aromatic nitrogens is 4. The molecule has 0 unspecified atom stereocenters. The van der Waals surface area contributed by atoms with Crippen LogP contribution in [0.1, 0.15) is 17.0 Å². The van der Waals surface area contributed by atoms with Crippen LogP contribution in [0.3, 0.4) is 0 Å². The van der Waals surface area contributed by atoms with Gasteiger partial charge >= 0.3 is 0 Å². The van der Waals surface area contributed by atoms with Crippen LogP contribution in [0.15, 0.2) is 17.3 Å². The summed E-state index contributed by atoms with van der Waals surface area (Å²) in [6.07, 6.45) is 2.38. The summed E-state index contributed by atoms with van der Waals surface area (Å²) in [6.45, 7) is 3.88. The molecule has 0 radical (unpaired) electrons. The molecule has 0 aliphatic rings. The van der Waals surface area contributed by atoms with Crippen LogP contribution in [-0.4, -0.2) is 28.2 Å². The van der Waals surface area contributed by atoms with Crippen molar-refractivity contribution in [2.75, 3.05) is 5.43 Å². The Kier molecular flexibility index (Phi) is 4.21. The van der Waals surface area contributed by atoms with E-state index >= 15 is 0 Å². The third-order valence-electron chi connectivity index (χ3n) is 3.17. The minimum atomic E-state index is -3.69. The van der Waals surface area contributed by atoms with Gasteiger partial charge in [-0.25, -0.2) is 29.0 Å². The summed E-state index contributed by atoms with van der Waals surface area (Å²) in [5, 5.41) is 4.24. The van der Waals surface area contributed by atoms with E-state index in [1.165, 1.54) is 12.4 Å². The fraction of sp³-hybridized carbons (Fsp3) is 0.364. The van der Waals surface area contributed by atoms with Gasteiger partial charge in [0.25, 0.3) is 0 Å². The molecule has 10 heteroatoms. The van der Waals surface area contributed by atoms with E-state index in [0.717, 1.165) is 17.0 Å². The number of rotatable bonds is 5. The molecule has 0 fully saturated rings. The van der Waals surface area contributed by atoms with Crippen molar-refractivity contribution in [2.45, 2.75) is 25.3 Å². The van der Waals surface area contributed by atoms with E-state index in [4.69, 9.17) is 5.84 Å². The van der Waals surface area contributed by atoms with E-state index in [1.54, 1.807) is 4.68 Å². The summed E-state index contributed by atoms with van der Waals surface area (Å²) >= 11 is 0. The molecular weight excluding hydrogens is 294 g/mol. The van der Waals surface area contributed by atoms with Crippen LogP contribution in [0.2, 0.25) is 0 Å². The third-order valence-corrected chi connectivity index (χ3v) is 4.52. The fourth-order valence-corrected chi connectivity index (χ4v) is 2.74. The van der Waals surface area contributed by atoms with E-state index in [9.17, 15) is 8.42 Å². The number of nitrogens with two attached hydrogens (primary N) is 1. The molecule has 2 aromatic rings. The molecule has 2 rings (SSSR count). The predicted octanol–water partition coefficient (Wildman–Crippen LogP) is -0.409. The molecule has 2 heterocycles. The number of hydrazine groups is 1. The first-order valence-corrected chi connectivity index (χ1v) is 7.61. The summed E-state index contributed by atoms with van der Waals surface area (Å²) in [5.74, 6) is 5.28. The Hall–Kier alpha value is -2.04. The Morgan fingerprint density at radius 2 is 1.90 bits per heavy atom. The Morgan fingerprint density at radius 1 is 1.29 bits per heavy atom. The van der Waals surface area contributed by atoms with Gasteiger partial charge in [-0.05, 0) is 13.8 Å². The Bertz CT molecular complexity index is 737. The van der Waals surface area contributed by atoms with Gasteiger partial charge in [0.15, 0.2) is 0 Å². The van der Waals surface area contributed by atoms with Crippen molar-refractivity contribution in [2.24, 2.45) is 12.9 Å². The highest BCUT2D eigenvalue weighted by atomic mass is 32.2. The average Bonchev–Trinajstić information content (AvgIpc) is 2.70. The largest absolute Gasteiger partial charge is 0.292 e. The van der Waals surface area contributed by atoms with Crippen LogP contribution in [-0.2, 0) is 23.6 Å². The fourth-order valence-electron chi connectivity index (χ4n) is 1.85. The molecule has 0 saturated heterocycles. The Balaban J connectivity index is 2.17. The number of aryl methyl sites for hydroxylation is 2. The first kappa shape index (κ1) is 15.4. The van der Waals surface area contributed by atoms with Crippen molar-refractivity contribution >= 4 is 16.0 Å². The van der Waals surface area contributed by atoms with E-state index in [2.05, 4.69) is 25.2 Å². The van der Waals surface area contributed by atoms with Crippen LogP contribution >= 0.6 is 0 Å². The molecule has 0 spiro atoms. The standard InChI is InChI=1S/C11H17N7O2S/c1-7-10(8(2)18(3)17-7)6-15-21(19,20)9-4-13-11(16-12)14-5-9/h4-5,15H,6,12H2,1-3H3,(H,13,14,16). The lowest BCUT2D eigenvalue weighted by molar-refractivity contribution is 0.580. The zero-order valence-electron chi connectivity index (χ0n) is 12.0. The number of nitrogens with zero attached hydrogens (tertiary/aromatic N) is 4. The second-order valence-corrected chi connectivity index (χ2v) is 6.25. The highest BCUT2D eigenvalue weighted by molar-refractivity contribution is 7.89. The maximum atomic E-state index is 12.2. The maximum absolute atomic E-state index is 12.2. The molecule has 0 saturated carbocycles. The quantitative estimate of drug-likeness (QED) is 0.506. The van der Waals surface area contributed by atoms with Crippen LogP contribution in [0.5, 0.6) is 0 Å². The maximum Gasteiger partial charge on any atom is 0.243 e. The molecule has 0 amide bonds. The normalized spacial score (nSPS) is 11.6. The molecule has 2 aromatic heterocycles. The Morgan fingerprint density at radius 3 is 2.38 bits per heavy atom. The first-order chi connectivity index (χ1) is 9.85. The van der Waals surface area contributed by atoms with E-state index < -0.39 is 10.0 Å². The van der Waals surface area contributed by atoms with Crippen molar-refractivity contribution < 1.29 is 8.42 Å². The number of anilines is 1. The van der Waals surface area contributed by atoms with Gasteiger partial charge < -0.3 is 0 Å². The molecule has 0 bridgehead atoms. The van der Waals surface area contributed by atoms with Crippen LogP contribution in [0.4, 0.5) is 5.95 Å². The minimum Gasteiger partial charge on any atom is -0.292 e. The number of nitrogen functional groups attached to an aromatic ring is 1. The molecule has 0 atom stereocenters. The molecule has 0 aliphatic heterocycles. The lowest BCUT2D eigenvalue weighted by Crippen LogP contribution is -2.24. The topological polar surface area (TPSA) is 128 Å². The lowest BCUT2D eigenvalue weighted by Gasteiger charge is -2.07. The van der Waals surface area contributed by atoms with Gasteiger partial charge in [0.05, 0.1) is 18.1 Å². The first-order valence-electron chi connectivity index (χ1n) is 6.12. The number of hydrogen-bond acceptors (Lipinski definition) is 7. The number of sulfonamides is 1. The van der Waals surface area contributed by atoms with E-state index in [0.29, 0.717) is 0 Å². The van der Waals surface area contributed by atoms with Crippen LogP contribution < -0.4 is 16.0 Å². The summed E-state index contributed by atoms with van der Waals surface area (Å²) in [6, 6.07) is 0. The molecule has 0 aromatic carbocycles. The third kappa shape index (κ3) is 3.17. The lowest BCUT2D eigenvalue weighted by atomic mass is 10.2. The molecule has 9 nitrogen and oxygen atoms in total. The summed E-state index contributed by atoms with van der Waals surface area (Å²) in [4.78, 5) is 7.52.